The zero-order valence-electron chi connectivity index (χ0n) is 15.7. The second-order valence-electron chi connectivity index (χ2n) is 6.13. The van der Waals surface area contributed by atoms with Gasteiger partial charge in [0.15, 0.2) is 0 Å². The number of rotatable bonds is 10. The summed E-state index contributed by atoms with van der Waals surface area (Å²) in [6.07, 6.45) is 0.937. The SMILES string of the molecule is CCN(CC(=O)NCc1cccs1)C(=O)CCCOc1ccc(Cl)cc1C. The molecule has 0 aliphatic heterocycles. The van der Waals surface area contributed by atoms with E-state index in [2.05, 4.69) is 5.32 Å². The molecule has 0 saturated carbocycles. The smallest absolute Gasteiger partial charge is 0.239 e. The van der Waals surface area contributed by atoms with E-state index in [9.17, 15) is 9.59 Å². The largest absolute Gasteiger partial charge is 0.493 e. The van der Waals surface area contributed by atoms with Crippen LogP contribution in [-0.4, -0.2) is 36.4 Å². The summed E-state index contributed by atoms with van der Waals surface area (Å²) in [5.74, 6) is 0.582. The lowest BCUT2D eigenvalue weighted by atomic mass is 10.2. The molecule has 1 N–H and O–H groups in total. The Morgan fingerprint density at radius 3 is 2.78 bits per heavy atom. The molecule has 0 aliphatic rings. The predicted octanol–water partition coefficient (Wildman–Crippen LogP) is 4.03. The second-order valence-corrected chi connectivity index (χ2v) is 7.59. The fraction of sp³-hybridized carbons (Fsp3) is 0.400. The lowest BCUT2D eigenvalue weighted by molar-refractivity contribution is -0.136. The molecular weight excluding hydrogens is 384 g/mol. The Balaban J connectivity index is 1.69. The van der Waals surface area contributed by atoms with Gasteiger partial charge in [-0.25, -0.2) is 0 Å². The van der Waals surface area contributed by atoms with Crippen LogP contribution < -0.4 is 10.1 Å². The Kier molecular flexibility index (Phi) is 8.61. The van der Waals surface area contributed by atoms with Gasteiger partial charge in [-0.1, -0.05) is 17.7 Å². The van der Waals surface area contributed by atoms with Crippen LogP contribution in [0.15, 0.2) is 35.7 Å². The van der Waals surface area contributed by atoms with Crippen molar-refractivity contribution in [1.29, 1.82) is 0 Å². The van der Waals surface area contributed by atoms with Crippen molar-refractivity contribution in [1.82, 2.24) is 10.2 Å². The van der Waals surface area contributed by atoms with Gasteiger partial charge in [0.2, 0.25) is 11.8 Å². The third-order valence-electron chi connectivity index (χ3n) is 4.04. The quantitative estimate of drug-likeness (QED) is 0.604. The van der Waals surface area contributed by atoms with Crippen LogP contribution in [0.1, 0.15) is 30.2 Å². The van der Waals surface area contributed by atoms with Gasteiger partial charge in [0.05, 0.1) is 19.7 Å². The summed E-state index contributed by atoms with van der Waals surface area (Å²) in [6, 6.07) is 9.37. The molecule has 0 radical (unpaired) electrons. The molecule has 1 aromatic carbocycles. The van der Waals surface area contributed by atoms with E-state index in [0.717, 1.165) is 16.2 Å². The van der Waals surface area contributed by atoms with Crippen LogP contribution in [0.5, 0.6) is 5.75 Å². The van der Waals surface area contributed by atoms with Crippen LogP contribution in [0.2, 0.25) is 5.02 Å². The average Bonchev–Trinajstić information content (AvgIpc) is 3.16. The zero-order chi connectivity index (χ0) is 19.6. The number of halogens is 1. The number of likely N-dealkylation sites (N-methyl/N-ethyl adjacent to an activating group) is 1. The van der Waals surface area contributed by atoms with Gasteiger partial charge in [0.25, 0.3) is 0 Å². The normalized spacial score (nSPS) is 10.5. The van der Waals surface area contributed by atoms with E-state index in [-0.39, 0.29) is 18.4 Å². The lowest BCUT2D eigenvalue weighted by Crippen LogP contribution is -2.40. The first-order valence-electron chi connectivity index (χ1n) is 8.95. The second kappa shape index (κ2) is 10.9. The molecule has 7 heteroatoms. The van der Waals surface area contributed by atoms with Crippen LogP contribution in [0.4, 0.5) is 0 Å². The average molecular weight is 409 g/mol. The first kappa shape index (κ1) is 21.3. The highest BCUT2D eigenvalue weighted by atomic mass is 35.5. The molecular formula is C20H25ClN2O3S. The standard InChI is InChI=1S/C20H25ClN2O3S/c1-3-23(14-19(24)22-13-17-6-5-11-27-17)20(25)7-4-10-26-18-9-8-16(21)12-15(18)2/h5-6,8-9,11-12H,3-4,7,10,13-14H2,1-2H3,(H,22,24). The van der Waals surface area contributed by atoms with Crippen molar-refractivity contribution in [2.45, 2.75) is 33.2 Å². The fourth-order valence-corrected chi connectivity index (χ4v) is 3.41. The van der Waals surface area contributed by atoms with Crippen molar-refractivity contribution in [3.05, 3.63) is 51.2 Å². The maximum atomic E-state index is 12.3. The van der Waals surface area contributed by atoms with Gasteiger partial charge in [-0.15, -0.1) is 11.3 Å². The molecule has 1 heterocycles. The van der Waals surface area contributed by atoms with Crippen molar-refractivity contribution in [2.75, 3.05) is 19.7 Å². The van der Waals surface area contributed by atoms with Crippen LogP contribution in [0, 0.1) is 6.92 Å². The van der Waals surface area contributed by atoms with Gasteiger partial charge in [-0.05, 0) is 55.5 Å². The summed E-state index contributed by atoms with van der Waals surface area (Å²) in [5.41, 5.74) is 0.964. The van der Waals surface area contributed by atoms with Gasteiger partial charge < -0.3 is 15.0 Å². The minimum atomic E-state index is -0.147. The van der Waals surface area contributed by atoms with Crippen molar-refractivity contribution < 1.29 is 14.3 Å². The van der Waals surface area contributed by atoms with Gasteiger partial charge in [0, 0.05) is 22.9 Å². The van der Waals surface area contributed by atoms with Gasteiger partial charge in [-0.2, -0.15) is 0 Å². The number of amides is 2. The predicted molar refractivity (Wildman–Crippen MR) is 109 cm³/mol. The van der Waals surface area contributed by atoms with Crippen molar-refractivity contribution >= 4 is 34.8 Å². The molecule has 0 saturated heterocycles. The van der Waals surface area contributed by atoms with E-state index in [0.29, 0.717) is 37.6 Å². The number of carbonyl (C=O) groups excluding carboxylic acids is 2. The van der Waals surface area contributed by atoms with Crippen LogP contribution in [0.25, 0.3) is 0 Å². The number of hydrogen-bond acceptors (Lipinski definition) is 4. The summed E-state index contributed by atoms with van der Waals surface area (Å²) in [4.78, 5) is 27.1. The summed E-state index contributed by atoms with van der Waals surface area (Å²) in [5, 5.41) is 5.49. The first-order chi connectivity index (χ1) is 13.0. The Morgan fingerprint density at radius 1 is 1.30 bits per heavy atom. The number of nitrogens with one attached hydrogen (secondary N) is 1. The van der Waals surface area contributed by atoms with Crippen molar-refractivity contribution in [2.24, 2.45) is 0 Å². The molecule has 146 valence electrons. The molecule has 0 unspecified atom stereocenters. The summed E-state index contributed by atoms with van der Waals surface area (Å²) in [7, 11) is 0. The van der Waals surface area contributed by atoms with Crippen LogP contribution in [0.3, 0.4) is 0 Å². The summed E-state index contributed by atoms with van der Waals surface area (Å²) < 4.78 is 5.71. The highest BCUT2D eigenvalue weighted by Crippen LogP contribution is 2.22. The first-order valence-corrected chi connectivity index (χ1v) is 10.2. The van der Waals surface area contributed by atoms with E-state index >= 15 is 0 Å². The zero-order valence-corrected chi connectivity index (χ0v) is 17.2. The number of aryl methyl sites for hydroxylation is 1. The summed E-state index contributed by atoms with van der Waals surface area (Å²) in [6.45, 7) is 5.32. The van der Waals surface area contributed by atoms with E-state index in [1.807, 2.05) is 43.5 Å². The van der Waals surface area contributed by atoms with Crippen LogP contribution >= 0.6 is 22.9 Å². The molecule has 2 aromatic rings. The minimum Gasteiger partial charge on any atom is -0.493 e. The molecule has 2 rings (SSSR count). The molecule has 27 heavy (non-hydrogen) atoms. The van der Waals surface area contributed by atoms with Crippen molar-refractivity contribution in [3.63, 3.8) is 0 Å². The van der Waals surface area contributed by atoms with Gasteiger partial charge >= 0.3 is 0 Å². The number of hydrogen-bond donors (Lipinski definition) is 1. The Morgan fingerprint density at radius 2 is 2.11 bits per heavy atom. The molecule has 5 nitrogen and oxygen atoms in total. The number of nitrogens with zero attached hydrogens (tertiary/aromatic N) is 1. The third-order valence-corrected chi connectivity index (χ3v) is 5.15. The Bertz CT molecular complexity index is 750. The lowest BCUT2D eigenvalue weighted by Gasteiger charge is -2.20. The Hall–Kier alpha value is -2.05. The molecule has 0 spiro atoms. The van der Waals surface area contributed by atoms with Gasteiger partial charge in [0.1, 0.15) is 5.75 Å². The number of benzene rings is 1. The Labute approximate surface area is 169 Å². The molecule has 0 atom stereocenters. The third kappa shape index (κ3) is 7.23. The number of thiophene rings is 1. The topological polar surface area (TPSA) is 58.6 Å². The highest BCUT2D eigenvalue weighted by molar-refractivity contribution is 7.09. The number of ether oxygens (including phenoxy) is 1. The van der Waals surface area contributed by atoms with E-state index in [1.54, 1.807) is 22.3 Å². The molecule has 2 amide bonds. The molecule has 0 aliphatic carbocycles. The molecule has 1 aromatic heterocycles. The maximum Gasteiger partial charge on any atom is 0.239 e. The number of carbonyl (C=O) groups is 2. The van der Waals surface area contributed by atoms with E-state index in [4.69, 9.17) is 16.3 Å². The van der Waals surface area contributed by atoms with Crippen LogP contribution in [-0.2, 0) is 16.1 Å². The fourth-order valence-electron chi connectivity index (χ4n) is 2.54. The minimum absolute atomic E-state index is 0.0415. The molecule has 0 fully saturated rings. The van der Waals surface area contributed by atoms with E-state index in [1.165, 1.54) is 0 Å². The maximum absolute atomic E-state index is 12.3. The highest BCUT2D eigenvalue weighted by Gasteiger charge is 2.15. The molecule has 0 bridgehead atoms. The van der Waals surface area contributed by atoms with E-state index < -0.39 is 0 Å². The van der Waals surface area contributed by atoms with Crippen molar-refractivity contribution in [3.8, 4) is 5.75 Å². The summed E-state index contributed by atoms with van der Waals surface area (Å²) >= 11 is 7.52. The monoisotopic (exact) mass is 408 g/mol. The van der Waals surface area contributed by atoms with Gasteiger partial charge in [-0.3, -0.25) is 9.59 Å².